The maximum atomic E-state index is 13.0. The fourth-order valence-corrected chi connectivity index (χ4v) is 5.16. The third-order valence-electron chi connectivity index (χ3n) is 7.93. The number of benzene rings is 1. The monoisotopic (exact) mass is 516 g/mol. The van der Waals surface area contributed by atoms with E-state index >= 15 is 0 Å². The van der Waals surface area contributed by atoms with Crippen LogP contribution in [-0.4, -0.2) is 39.1 Å². The first-order valence-electron chi connectivity index (χ1n) is 11.9. The summed E-state index contributed by atoms with van der Waals surface area (Å²) in [5, 5.41) is 22.1. The standard InChI is InChI=1S/C27H33ClN2O6/c1-15-7-6-8-16(2)18(15)14-36-21-10-9-17(29-22(21)28)13-20(24(32)33)30-23(31)19-11-12-27(5,25(34)35)26(19,3)4/h6-10,19-20H,11-14H2,1-5H3,(H,30,31)(H,32,33)(H,34,35)/t19-,20+,27+/m1/s1. The fraction of sp³-hybridized carbons (Fsp3) is 0.481. The zero-order valence-electron chi connectivity index (χ0n) is 21.2. The van der Waals surface area contributed by atoms with Gasteiger partial charge in [0.1, 0.15) is 12.6 Å². The molecule has 1 aliphatic rings. The minimum atomic E-state index is -1.24. The van der Waals surface area contributed by atoms with Gasteiger partial charge in [-0.1, -0.05) is 43.6 Å². The number of aryl methyl sites for hydroxylation is 2. The number of ether oxygens (including phenoxy) is 1. The molecule has 1 aromatic carbocycles. The average molecular weight is 517 g/mol. The number of nitrogens with one attached hydrogen (secondary N) is 1. The van der Waals surface area contributed by atoms with Crippen LogP contribution < -0.4 is 10.1 Å². The van der Waals surface area contributed by atoms with Crippen LogP contribution in [0, 0.1) is 30.6 Å². The van der Waals surface area contributed by atoms with Gasteiger partial charge >= 0.3 is 11.9 Å². The molecule has 3 atom stereocenters. The number of halogens is 1. The molecule has 9 heteroatoms. The number of carbonyl (C=O) groups excluding carboxylic acids is 1. The second-order valence-electron chi connectivity index (χ2n) is 10.3. The molecule has 194 valence electrons. The number of nitrogens with zero attached hydrogens (tertiary/aromatic N) is 1. The molecular formula is C27H33ClN2O6. The van der Waals surface area contributed by atoms with E-state index < -0.39 is 40.6 Å². The van der Waals surface area contributed by atoms with Crippen molar-refractivity contribution in [2.45, 2.75) is 66.5 Å². The number of rotatable bonds is 9. The van der Waals surface area contributed by atoms with Crippen LogP contribution >= 0.6 is 11.6 Å². The van der Waals surface area contributed by atoms with Gasteiger partial charge in [0.05, 0.1) is 5.41 Å². The van der Waals surface area contributed by atoms with Gasteiger partial charge in [-0.2, -0.15) is 0 Å². The Morgan fingerprint density at radius 1 is 1.14 bits per heavy atom. The Labute approximate surface area is 216 Å². The van der Waals surface area contributed by atoms with Crippen LogP contribution in [0.3, 0.4) is 0 Å². The lowest BCUT2D eigenvalue weighted by Crippen LogP contribution is -2.49. The van der Waals surface area contributed by atoms with Gasteiger partial charge in [0, 0.05) is 18.0 Å². The van der Waals surface area contributed by atoms with Gasteiger partial charge in [0.25, 0.3) is 0 Å². The van der Waals surface area contributed by atoms with Crippen molar-refractivity contribution in [1.82, 2.24) is 10.3 Å². The van der Waals surface area contributed by atoms with E-state index in [0.717, 1.165) is 16.7 Å². The van der Waals surface area contributed by atoms with Crippen LogP contribution in [0.1, 0.15) is 56.0 Å². The van der Waals surface area contributed by atoms with Crippen LogP contribution in [0.25, 0.3) is 0 Å². The third kappa shape index (κ3) is 5.33. The van der Waals surface area contributed by atoms with Crippen molar-refractivity contribution >= 4 is 29.4 Å². The highest BCUT2D eigenvalue weighted by molar-refractivity contribution is 6.30. The zero-order valence-corrected chi connectivity index (χ0v) is 22.0. The summed E-state index contributed by atoms with van der Waals surface area (Å²) in [4.78, 5) is 41.1. The summed E-state index contributed by atoms with van der Waals surface area (Å²) in [7, 11) is 0. The van der Waals surface area contributed by atoms with Crippen LogP contribution in [0.4, 0.5) is 0 Å². The summed E-state index contributed by atoms with van der Waals surface area (Å²) < 4.78 is 5.86. The van der Waals surface area contributed by atoms with Crippen molar-refractivity contribution in [2.24, 2.45) is 16.7 Å². The molecule has 0 unspecified atom stereocenters. The Morgan fingerprint density at radius 2 is 1.78 bits per heavy atom. The lowest BCUT2D eigenvalue weighted by atomic mass is 9.65. The van der Waals surface area contributed by atoms with Crippen molar-refractivity contribution in [3.8, 4) is 5.75 Å². The minimum absolute atomic E-state index is 0.0820. The largest absolute Gasteiger partial charge is 0.486 e. The summed E-state index contributed by atoms with van der Waals surface area (Å²) in [5.74, 6) is -2.90. The highest BCUT2D eigenvalue weighted by atomic mass is 35.5. The Kier molecular flexibility index (Phi) is 7.98. The predicted molar refractivity (Wildman–Crippen MR) is 135 cm³/mol. The number of carboxylic acid groups (broad SMARTS) is 2. The van der Waals surface area contributed by atoms with Gasteiger partial charge in [-0.15, -0.1) is 0 Å². The van der Waals surface area contributed by atoms with Crippen LogP contribution in [0.15, 0.2) is 30.3 Å². The molecule has 3 rings (SSSR count). The van der Waals surface area contributed by atoms with E-state index in [4.69, 9.17) is 16.3 Å². The van der Waals surface area contributed by atoms with Gasteiger partial charge in [-0.05, 0) is 67.9 Å². The second-order valence-corrected chi connectivity index (χ2v) is 10.7. The van der Waals surface area contributed by atoms with Crippen molar-refractivity contribution in [1.29, 1.82) is 0 Å². The van der Waals surface area contributed by atoms with E-state index in [-0.39, 0.29) is 11.6 Å². The molecule has 0 aliphatic heterocycles. The molecule has 1 aliphatic carbocycles. The molecule has 1 amide bonds. The number of pyridine rings is 1. The first kappa shape index (κ1) is 27.5. The fourth-order valence-electron chi connectivity index (χ4n) is 4.93. The van der Waals surface area contributed by atoms with Crippen LogP contribution in [0.5, 0.6) is 5.75 Å². The molecule has 1 fully saturated rings. The van der Waals surface area contributed by atoms with E-state index in [1.807, 2.05) is 32.0 Å². The third-order valence-corrected chi connectivity index (χ3v) is 8.20. The number of hydrogen-bond donors (Lipinski definition) is 3. The molecule has 0 spiro atoms. The van der Waals surface area contributed by atoms with Crippen LogP contribution in [-0.2, 0) is 27.4 Å². The molecule has 1 saturated carbocycles. The topological polar surface area (TPSA) is 126 Å². The molecule has 1 aromatic heterocycles. The Morgan fingerprint density at radius 3 is 2.31 bits per heavy atom. The Bertz CT molecular complexity index is 1160. The van der Waals surface area contributed by atoms with Gasteiger partial charge < -0.3 is 20.3 Å². The maximum absolute atomic E-state index is 13.0. The van der Waals surface area contributed by atoms with E-state index in [2.05, 4.69) is 10.3 Å². The Hall–Kier alpha value is -3.13. The summed E-state index contributed by atoms with van der Waals surface area (Å²) in [6.45, 7) is 9.44. The number of amides is 1. The lowest BCUT2D eigenvalue weighted by molar-refractivity contribution is -0.155. The zero-order chi connectivity index (χ0) is 26.8. The Balaban J connectivity index is 1.69. The SMILES string of the molecule is Cc1cccc(C)c1COc1ccc(C[C@H](NC(=O)[C@H]2CC[C@@](C)(C(=O)O)C2(C)C)C(=O)O)nc1Cl. The minimum Gasteiger partial charge on any atom is -0.486 e. The van der Waals surface area contributed by atoms with E-state index in [1.165, 1.54) is 0 Å². The first-order chi connectivity index (χ1) is 16.8. The van der Waals surface area contributed by atoms with Crippen molar-refractivity contribution in [3.63, 3.8) is 0 Å². The molecule has 36 heavy (non-hydrogen) atoms. The second kappa shape index (κ2) is 10.5. The molecule has 2 aromatic rings. The van der Waals surface area contributed by atoms with Gasteiger partial charge in [-0.3, -0.25) is 9.59 Å². The van der Waals surface area contributed by atoms with Gasteiger partial charge in [0.2, 0.25) is 5.91 Å². The van der Waals surface area contributed by atoms with Crippen molar-refractivity contribution in [3.05, 3.63) is 57.9 Å². The van der Waals surface area contributed by atoms with Gasteiger partial charge in [0.15, 0.2) is 10.9 Å². The summed E-state index contributed by atoms with van der Waals surface area (Å²) in [6, 6.07) is 8.00. The number of aromatic nitrogens is 1. The molecule has 1 heterocycles. The number of hydrogen-bond acceptors (Lipinski definition) is 5. The highest BCUT2D eigenvalue weighted by Crippen LogP contribution is 2.56. The molecular weight excluding hydrogens is 484 g/mol. The summed E-state index contributed by atoms with van der Waals surface area (Å²) in [6.07, 6.45) is 0.623. The summed E-state index contributed by atoms with van der Waals surface area (Å²) >= 11 is 6.32. The molecule has 3 N–H and O–H groups in total. The van der Waals surface area contributed by atoms with Crippen molar-refractivity contribution < 1.29 is 29.3 Å². The van der Waals surface area contributed by atoms with Crippen LogP contribution in [0.2, 0.25) is 5.15 Å². The summed E-state index contributed by atoms with van der Waals surface area (Å²) in [5.41, 5.74) is 1.72. The highest BCUT2D eigenvalue weighted by Gasteiger charge is 2.58. The molecule has 0 bridgehead atoms. The maximum Gasteiger partial charge on any atom is 0.326 e. The number of carboxylic acids is 2. The van der Waals surface area contributed by atoms with E-state index in [0.29, 0.717) is 30.9 Å². The number of carbonyl (C=O) groups is 3. The normalized spacial score (nSPS) is 21.6. The quantitative estimate of drug-likeness (QED) is 0.417. The van der Waals surface area contributed by atoms with E-state index in [1.54, 1.807) is 32.9 Å². The molecule has 0 radical (unpaired) electrons. The smallest absolute Gasteiger partial charge is 0.326 e. The van der Waals surface area contributed by atoms with E-state index in [9.17, 15) is 24.6 Å². The molecule has 8 nitrogen and oxygen atoms in total. The first-order valence-corrected chi connectivity index (χ1v) is 12.3. The van der Waals surface area contributed by atoms with Gasteiger partial charge in [-0.25, -0.2) is 9.78 Å². The lowest BCUT2D eigenvalue weighted by Gasteiger charge is -2.38. The molecule has 0 saturated heterocycles. The van der Waals surface area contributed by atoms with Crippen molar-refractivity contribution in [2.75, 3.05) is 0 Å². The number of aliphatic carboxylic acids is 2. The average Bonchev–Trinajstić information content (AvgIpc) is 3.04. The predicted octanol–water partition coefficient (Wildman–Crippen LogP) is 4.57.